The van der Waals surface area contributed by atoms with E-state index in [1.807, 2.05) is 6.92 Å². The fraction of sp³-hybridized carbons (Fsp3) is 1.00. The molecule has 1 atom stereocenters. The quantitative estimate of drug-likeness (QED) is 0.604. The number of aliphatic hydroxyl groups is 2. The minimum atomic E-state index is -0.560. The summed E-state index contributed by atoms with van der Waals surface area (Å²) in [4.78, 5) is 0. The van der Waals surface area contributed by atoms with Crippen molar-refractivity contribution in [2.24, 2.45) is 0 Å². The number of hydrogen-bond donors (Lipinski definition) is 2. The van der Waals surface area contributed by atoms with E-state index in [1.165, 1.54) is 6.92 Å². The molecule has 11 heavy (non-hydrogen) atoms. The molecule has 0 rings (SSSR count). The Morgan fingerprint density at radius 1 is 1.36 bits per heavy atom. The Labute approximate surface area is 69.0 Å². The molecule has 0 aromatic heterocycles. The number of aliphatic hydroxyl groups excluding tert-OH is 2. The molecule has 0 saturated carbocycles. The van der Waals surface area contributed by atoms with Gasteiger partial charge >= 0.3 is 0 Å². The van der Waals surface area contributed by atoms with Crippen LogP contribution in [0.25, 0.3) is 0 Å². The van der Waals surface area contributed by atoms with Gasteiger partial charge in [-0.1, -0.05) is 6.92 Å². The molecule has 0 bridgehead atoms. The van der Waals surface area contributed by atoms with Crippen molar-refractivity contribution in [1.82, 2.24) is 0 Å². The molecule has 3 heteroatoms. The van der Waals surface area contributed by atoms with E-state index in [4.69, 9.17) is 14.9 Å². The van der Waals surface area contributed by atoms with Crippen molar-refractivity contribution in [3.8, 4) is 0 Å². The second-order valence-electron chi connectivity index (χ2n) is 2.23. The van der Waals surface area contributed by atoms with Crippen LogP contribution < -0.4 is 0 Å². The lowest BCUT2D eigenvalue weighted by molar-refractivity contribution is 0.110. The Balaban J connectivity index is 0. The molecule has 0 saturated heterocycles. The Morgan fingerprint density at radius 2 is 1.82 bits per heavy atom. The Hall–Kier alpha value is -0.120. The minimum Gasteiger partial charge on any atom is -0.394 e. The Bertz CT molecular complexity index is 51.3. The molecule has 70 valence electrons. The monoisotopic (exact) mass is 164 g/mol. The lowest BCUT2D eigenvalue weighted by Gasteiger charge is -1.91. The van der Waals surface area contributed by atoms with Gasteiger partial charge < -0.3 is 14.9 Å². The first-order valence-corrected chi connectivity index (χ1v) is 4.05. The van der Waals surface area contributed by atoms with E-state index < -0.39 is 6.10 Å². The zero-order valence-corrected chi connectivity index (χ0v) is 7.71. The average Bonchev–Trinajstić information content (AvgIpc) is 2.02. The van der Waals surface area contributed by atoms with E-state index in [0.29, 0.717) is 0 Å². The molecule has 0 aromatic rings. The van der Waals surface area contributed by atoms with Gasteiger partial charge in [-0.05, 0) is 20.3 Å². The first-order valence-electron chi connectivity index (χ1n) is 4.05. The van der Waals surface area contributed by atoms with Gasteiger partial charge in [-0.2, -0.15) is 0 Å². The highest BCUT2D eigenvalue weighted by molar-refractivity contribution is 4.34. The van der Waals surface area contributed by atoms with E-state index in [0.717, 1.165) is 19.6 Å². The highest BCUT2D eigenvalue weighted by Gasteiger charge is 1.83. The summed E-state index contributed by atoms with van der Waals surface area (Å²) in [6, 6.07) is 0. The first-order chi connectivity index (χ1) is 5.18. The highest BCUT2D eigenvalue weighted by atomic mass is 16.5. The zero-order valence-electron chi connectivity index (χ0n) is 7.71. The number of hydrogen-bond acceptors (Lipinski definition) is 3. The lowest BCUT2D eigenvalue weighted by atomic mass is 10.5. The molecule has 0 amide bonds. The number of ether oxygens (including phenoxy) is 1. The van der Waals surface area contributed by atoms with Gasteiger partial charge in [-0.3, -0.25) is 0 Å². The largest absolute Gasteiger partial charge is 0.394 e. The topological polar surface area (TPSA) is 49.7 Å². The van der Waals surface area contributed by atoms with Gasteiger partial charge in [0.1, 0.15) is 0 Å². The molecule has 2 N–H and O–H groups in total. The summed E-state index contributed by atoms with van der Waals surface area (Å²) < 4.78 is 4.98. The summed E-state index contributed by atoms with van der Waals surface area (Å²) in [6.07, 6.45) is 0.573. The van der Waals surface area contributed by atoms with Crippen LogP contribution in [-0.2, 0) is 4.74 Å². The SMILES string of the molecule is CC(O)CO.CCCOCC. The van der Waals surface area contributed by atoms with Gasteiger partial charge in [0.25, 0.3) is 0 Å². The Kier molecular flexibility index (Phi) is 15.4. The van der Waals surface area contributed by atoms with Crippen molar-refractivity contribution < 1.29 is 14.9 Å². The molecule has 0 heterocycles. The summed E-state index contributed by atoms with van der Waals surface area (Å²) >= 11 is 0. The molecular formula is C8H20O3. The summed E-state index contributed by atoms with van der Waals surface area (Å²) in [5.74, 6) is 0. The standard InChI is InChI=1S/C5H12O.C3H8O2/c1-3-5-6-4-2;1-3(5)2-4/h3-5H2,1-2H3;3-5H,2H2,1H3. The molecule has 0 aliphatic rings. The van der Waals surface area contributed by atoms with Crippen LogP contribution in [0.5, 0.6) is 0 Å². The average molecular weight is 164 g/mol. The zero-order chi connectivity index (χ0) is 9.11. The molecule has 1 unspecified atom stereocenters. The van der Waals surface area contributed by atoms with Crippen LogP contribution >= 0.6 is 0 Å². The van der Waals surface area contributed by atoms with Crippen molar-refractivity contribution in [1.29, 1.82) is 0 Å². The van der Waals surface area contributed by atoms with Gasteiger partial charge in [-0.25, -0.2) is 0 Å². The van der Waals surface area contributed by atoms with Crippen LogP contribution in [0.3, 0.4) is 0 Å². The van der Waals surface area contributed by atoms with Gasteiger partial charge in [0.05, 0.1) is 12.7 Å². The van der Waals surface area contributed by atoms with Crippen molar-refractivity contribution in [3.63, 3.8) is 0 Å². The third kappa shape index (κ3) is 25.8. The second kappa shape index (κ2) is 12.5. The molecular weight excluding hydrogens is 144 g/mol. The maximum Gasteiger partial charge on any atom is 0.0742 e. The second-order valence-corrected chi connectivity index (χ2v) is 2.23. The van der Waals surface area contributed by atoms with Gasteiger partial charge in [0, 0.05) is 13.2 Å². The van der Waals surface area contributed by atoms with Crippen molar-refractivity contribution >= 4 is 0 Å². The lowest BCUT2D eigenvalue weighted by Crippen LogP contribution is -2.03. The molecule has 0 radical (unpaired) electrons. The van der Waals surface area contributed by atoms with Gasteiger partial charge in [0.2, 0.25) is 0 Å². The summed E-state index contributed by atoms with van der Waals surface area (Å²) in [7, 11) is 0. The van der Waals surface area contributed by atoms with Crippen LogP contribution in [0, 0.1) is 0 Å². The molecule has 0 spiro atoms. The van der Waals surface area contributed by atoms with E-state index in [2.05, 4.69) is 6.92 Å². The predicted octanol–water partition coefficient (Wildman–Crippen LogP) is 0.792. The maximum atomic E-state index is 8.11. The van der Waals surface area contributed by atoms with E-state index in [9.17, 15) is 0 Å². The van der Waals surface area contributed by atoms with E-state index >= 15 is 0 Å². The fourth-order valence-corrected chi connectivity index (χ4v) is 0.289. The minimum absolute atomic E-state index is 0.139. The molecule has 0 aliphatic carbocycles. The molecule has 0 aliphatic heterocycles. The normalized spacial score (nSPS) is 11.7. The van der Waals surface area contributed by atoms with Crippen molar-refractivity contribution in [2.45, 2.75) is 33.3 Å². The number of rotatable bonds is 4. The first kappa shape index (κ1) is 13.5. The van der Waals surface area contributed by atoms with Crippen LogP contribution in [0.1, 0.15) is 27.2 Å². The molecule has 0 aromatic carbocycles. The van der Waals surface area contributed by atoms with E-state index in [1.54, 1.807) is 0 Å². The smallest absolute Gasteiger partial charge is 0.0742 e. The Morgan fingerprint density at radius 3 is 1.91 bits per heavy atom. The van der Waals surface area contributed by atoms with Crippen molar-refractivity contribution in [2.75, 3.05) is 19.8 Å². The third-order valence-corrected chi connectivity index (χ3v) is 0.817. The van der Waals surface area contributed by atoms with Crippen molar-refractivity contribution in [3.05, 3.63) is 0 Å². The van der Waals surface area contributed by atoms with Crippen LogP contribution in [-0.4, -0.2) is 36.1 Å². The van der Waals surface area contributed by atoms with E-state index in [-0.39, 0.29) is 6.61 Å². The molecule has 3 nitrogen and oxygen atoms in total. The van der Waals surface area contributed by atoms with Crippen LogP contribution in [0.4, 0.5) is 0 Å². The fourth-order valence-electron chi connectivity index (χ4n) is 0.289. The van der Waals surface area contributed by atoms with Gasteiger partial charge in [0.15, 0.2) is 0 Å². The summed E-state index contributed by atoms with van der Waals surface area (Å²) in [5.41, 5.74) is 0. The summed E-state index contributed by atoms with van der Waals surface area (Å²) in [5, 5.41) is 16.0. The van der Waals surface area contributed by atoms with Gasteiger partial charge in [-0.15, -0.1) is 0 Å². The predicted molar refractivity (Wildman–Crippen MR) is 45.6 cm³/mol. The molecule has 0 fully saturated rings. The third-order valence-electron chi connectivity index (χ3n) is 0.817. The van der Waals surface area contributed by atoms with Crippen LogP contribution in [0.15, 0.2) is 0 Å². The highest BCUT2D eigenvalue weighted by Crippen LogP contribution is 1.75. The van der Waals surface area contributed by atoms with Crippen LogP contribution in [0.2, 0.25) is 0 Å². The maximum absolute atomic E-state index is 8.11. The summed E-state index contributed by atoms with van der Waals surface area (Å²) in [6.45, 7) is 7.27.